The third-order valence-electron chi connectivity index (χ3n) is 1.69. The van der Waals surface area contributed by atoms with Gasteiger partial charge in [0.1, 0.15) is 0 Å². The van der Waals surface area contributed by atoms with Crippen molar-refractivity contribution in [3.05, 3.63) is 0 Å². The molecule has 0 fully saturated rings. The molecule has 0 saturated heterocycles. The summed E-state index contributed by atoms with van der Waals surface area (Å²) >= 11 is 0. The van der Waals surface area contributed by atoms with E-state index in [1.165, 1.54) is 0 Å². The van der Waals surface area contributed by atoms with E-state index in [1.54, 1.807) is 6.92 Å². The highest BCUT2D eigenvalue weighted by Crippen LogP contribution is 1.93. The lowest BCUT2D eigenvalue weighted by atomic mass is 10.1. The van der Waals surface area contributed by atoms with Gasteiger partial charge in [0.25, 0.3) is 0 Å². The Balaban J connectivity index is 3.47. The lowest BCUT2D eigenvalue weighted by molar-refractivity contribution is 0.152. The van der Waals surface area contributed by atoms with Gasteiger partial charge in [-0.05, 0) is 20.8 Å². The van der Waals surface area contributed by atoms with Crippen LogP contribution in [0.25, 0.3) is 0 Å². The summed E-state index contributed by atoms with van der Waals surface area (Å²) in [5, 5.41) is 20.6. The minimum Gasteiger partial charge on any atom is -0.392 e. The summed E-state index contributed by atoms with van der Waals surface area (Å²) in [7, 11) is 0. The van der Waals surface area contributed by atoms with Crippen LogP contribution in [0.1, 0.15) is 20.8 Å². The molecule has 3 atom stereocenters. The van der Waals surface area contributed by atoms with Gasteiger partial charge in [-0.2, -0.15) is 5.26 Å². The zero-order chi connectivity index (χ0) is 8.85. The first-order valence-electron chi connectivity index (χ1n) is 3.89. The Morgan fingerprint density at radius 2 is 2.00 bits per heavy atom. The Labute approximate surface area is 68.0 Å². The summed E-state index contributed by atoms with van der Waals surface area (Å²) in [6, 6.07) is 2.18. The first-order chi connectivity index (χ1) is 5.07. The summed E-state index contributed by atoms with van der Waals surface area (Å²) < 4.78 is 0. The first kappa shape index (κ1) is 10.4. The van der Waals surface area contributed by atoms with Gasteiger partial charge in [0, 0.05) is 12.6 Å². The zero-order valence-corrected chi connectivity index (χ0v) is 7.33. The second kappa shape index (κ2) is 5.11. The minimum atomic E-state index is -0.360. The van der Waals surface area contributed by atoms with Gasteiger partial charge < -0.3 is 10.4 Å². The minimum absolute atomic E-state index is 0.0104. The molecule has 0 aliphatic rings. The van der Waals surface area contributed by atoms with Crippen molar-refractivity contribution in [2.75, 3.05) is 6.54 Å². The van der Waals surface area contributed by atoms with Crippen LogP contribution >= 0.6 is 0 Å². The van der Waals surface area contributed by atoms with Gasteiger partial charge in [0.15, 0.2) is 0 Å². The predicted octanol–water partition coefficient (Wildman–Crippen LogP) is 0.505. The highest BCUT2D eigenvalue weighted by atomic mass is 16.3. The summed E-state index contributed by atoms with van der Waals surface area (Å²) in [5.41, 5.74) is 0. The Bertz CT molecular complexity index is 140. The van der Waals surface area contributed by atoms with E-state index >= 15 is 0 Å². The van der Waals surface area contributed by atoms with Gasteiger partial charge in [-0.1, -0.05) is 0 Å². The second-order valence-electron chi connectivity index (χ2n) is 2.97. The van der Waals surface area contributed by atoms with E-state index in [4.69, 9.17) is 10.4 Å². The lowest BCUT2D eigenvalue weighted by Crippen LogP contribution is -2.37. The van der Waals surface area contributed by atoms with Gasteiger partial charge in [-0.15, -0.1) is 0 Å². The molecule has 0 amide bonds. The number of nitrogens with zero attached hydrogens (tertiary/aromatic N) is 1. The molecule has 0 spiro atoms. The predicted molar refractivity (Wildman–Crippen MR) is 43.9 cm³/mol. The van der Waals surface area contributed by atoms with Crippen molar-refractivity contribution in [1.82, 2.24) is 5.32 Å². The normalized spacial score (nSPS) is 18.5. The summed E-state index contributed by atoms with van der Waals surface area (Å²) in [4.78, 5) is 0. The van der Waals surface area contributed by atoms with Crippen molar-refractivity contribution in [1.29, 1.82) is 5.26 Å². The molecule has 0 aromatic rings. The molecule has 0 heterocycles. The molecule has 0 radical (unpaired) electrons. The van der Waals surface area contributed by atoms with Crippen LogP contribution in [0.4, 0.5) is 0 Å². The molecule has 11 heavy (non-hydrogen) atoms. The molecule has 64 valence electrons. The fraction of sp³-hybridized carbons (Fsp3) is 0.875. The number of rotatable bonds is 4. The number of aliphatic hydroxyl groups excluding tert-OH is 1. The van der Waals surface area contributed by atoms with Crippen LogP contribution in [0.15, 0.2) is 0 Å². The maximum Gasteiger partial charge on any atom is 0.0666 e. The first-order valence-corrected chi connectivity index (χ1v) is 3.89. The van der Waals surface area contributed by atoms with Gasteiger partial charge in [0.2, 0.25) is 0 Å². The van der Waals surface area contributed by atoms with E-state index in [0.29, 0.717) is 6.54 Å². The van der Waals surface area contributed by atoms with Crippen LogP contribution in [0.2, 0.25) is 0 Å². The molecule has 3 unspecified atom stereocenters. The molecule has 0 aromatic heterocycles. The molecule has 0 rings (SSSR count). The van der Waals surface area contributed by atoms with Crippen molar-refractivity contribution in [3.8, 4) is 6.07 Å². The Kier molecular flexibility index (Phi) is 4.84. The van der Waals surface area contributed by atoms with Crippen LogP contribution in [-0.2, 0) is 0 Å². The molecule has 2 N–H and O–H groups in total. The molecule has 0 bridgehead atoms. The quantitative estimate of drug-likeness (QED) is 0.623. The molecule has 3 heteroatoms. The number of hydrogen-bond donors (Lipinski definition) is 2. The van der Waals surface area contributed by atoms with Crippen LogP contribution in [0.5, 0.6) is 0 Å². The highest BCUT2D eigenvalue weighted by molar-refractivity contribution is 4.81. The molecule has 0 aliphatic carbocycles. The fourth-order valence-corrected chi connectivity index (χ4v) is 0.579. The van der Waals surface area contributed by atoms with Crippen molar-refractivity contribution < 1.29 is 5.11 Å². The monoisotopic (exact) mass is 156 g/mol. The van der Waals surface area contributed by atoms with Crippen LogP contribution in [-0.4, -0.2) is 23.8 Å². The number of nitrogens with one attached hydrogen (secondary N) is 1. The average molecular weight is 156 g/mol. The Hall–Kier alpha value is -0.590. The van der Waals surface area contributed by atoms with E-state index in [1.807, 2.05) is 13.8 Å². The van der Waals surface area contributed by atoms with Gasteiger partial charge in [0.05, 0.1) is 18.1 Å². The third kappa shape index (κ3) is 4.77. The smallest absolute Gasteiger partial charge is 0.0666 e. The molecular weight excluding hydrogens is 140 g/mol. The topological polar surface area (TPSA) is 56.0 Å². The van der Waals surface area contributed by atoms with Crippen molar-refractivity contribution in [2.24, 2.45) is 5.92 Å². The van der Waals surface area contributed by atoms with Crippen molar-refractivity contribution in [2.45, 2.75) is 32.9 Å². The standard InChI is InChI=1S/C8H16N2O/c1-6(4-9)5-10-7(2)8(3)11/h6-8,10-11H,5H2,1-3H3. The molecule has 0 saturated carbocycles. The van der Waals surface area contributed by atoms with Gasteiger partial charge in [-0.25, -0.2) is 0 Å². The number of hydrogen-bond acceptors (Lipinski definition) is 3. The largest absolute Gasteiger partial charge is 0.392 e. The van der Waals surface area contributed by atoms with E-state index in [-0.39, 0.29) is 18.1 Å². The van der Waals surface area contributed by atoms with E-state index in [0.717, 1.165) is 0 Å². The summed E-state index contributed by atoms with van der Waals surface area (Å²) in [6.07, 6.45) is -0.360. The Morgan fingerprint density at radius 3 is 2.36 bits per heavy atom. The second-order valence-corrected chi connectivity index (χ2v) is 2.97. The number of aliphatic hydroxyl groups is 1. The van der Waals surface area contributed by atoms with Crippen LogP contribution in [0.3, 0.4) is 0 Å². The third-order valence-corrected chi connectivity index (χ3v) is 1.69. The molecule has 3 nitrogen and oxygen atoms in total. The molecular formula is C8H16N2O. The number of nitriles is 1. The Morgan fingerprint density at radius 1 is 1.45 bits per heavy atom. The van der Waals surface area contributed by atoms with Crippen LogP contribution < -0.4 is 5.32 Å². The van der Waals surface area contributed by atoms with Gasteiger partial charge in [-0.3, -0.25) is 0 Å². The van der Waals surface area contributed by atoms with E-state index in [9.17, 15) is 0 Å². The van der Waals surface area contributed by atoms with Crippen LogP contribution in [0, 0.1) is 17.2 Å². The van der Waals surface area contributed by atoms with E-state index in [2.05, 4.69) is 11.4 Å². The van der Waals surface area contributed by atoms with Crippen molar-refractivity contribution >= 4 is 0 Å². The van der Waals surface area contributed by atoms with Crippen molar-refractivity contribution in [3.63, 3.8) is 0 Å². The maximum atomic E-state index is 9.06. The summed E-state index contributed by atoms with van der Waals surface area (Å²) in [5.74, 6) is 0.0104. The zero-order valence-electron chi connectivity index (χ0n) is 7.33. The maximum absolute atomic E-state index is 9.06. The van der Waals surface area contributed by atoms with Gasteiger partial charge >= 0.3 is 0 Å². The molecule has 0 aromatic carbocycles. The lowest BCUT2D eigenvalue weighted by Gasteiger charge is -2.16. The summed E-state index contributed by atoms with van der Waals surface area (Å²) in [6.45, 7) is 6.12. The average Bonchev–Trinajstić information content (AvgIpc) is 1.99. The fourth-order valence-electron chi connectivity index (χ4n) is 0.579. The SMILES string of the molecule is CC(C#N)CNC(C)C(C)O. The highest BCUT2D eigenvalue weighted by Gasteiger charge is 2.08. The van der Waals surface area contributed by atoms with E-state index < -0.39 is 0 Å². The molecule has 0 aliphatic heterocycles.